The van der Waals surface area contributed by atoms with Crippen LogP contribution in [0.2, 0.25) is 5.02 Å². The molecule has 1 saturated heterocycles. The summed E-state index contributed by atoms with van der Waals surface area (Å²) in [6.07, 6.45) is 5.48. The fourth-order valence-corrected chi connectivity index (χ4v) is 5.37. The molecule has 34 heavy (non-hydrogen) atoms. The summed E-state index contributed by atoms with van der Waals surface area (Å²) in [5.41, 5.74) is 7.82. The van der Waals surface area contributed by atoms with Crippen molar-refractivity contribution in [1.82, 2.24) is 24.8 Å². The van der Waals surface area contributed by atoms with Crippen LogP contribution < -0.4 is 5.32 Å². The minimum absolute atomic E-state index is 0.0185. The van der Waals surface area contributed by atoms with E-state index in [0.29, 0.717) is 6.54 Å². The van der Waals surface area contributed by atoms with Crippen LogP contribution in [0, 0.1) is 20.8 Å². The maximum atomic E-state index is 6.48. The number of hydrogen-bond donors (Lipinski definition) is 1. The maximum absolute atomic E-state index is 6.48. The molecule has 1 aliphatic heterocycles. The molecule has 0 unspecified atom stereocenters. The third-order valence-corrected chi connectivity index (χ3v) is 7.33. The summed E-state index contributed by atoms with van der Waals surface area (Å²) in [5, 5.41) is 5.04. The highest BCUT2D eigenvalue weighted by molar-refractivity contribution is 7.80. The highest BCUT2D eigenvalue weighted by Crippen LogP contribution is 2.42. The number of hydrogen-bond acceptors (Lipinski definition) is 3. The molecule has 0 amide bonds. The minimum atomic E-state index is -0.0649. The van der Waals surface area contributed by atoms with Crippen molar-refractivity contribution >= 4 is 28.9 Å². The first kappa shape index (κ1) is 22.6. The van der Waals surface area contributed by atoms with Crippen molar-refractivity contribution in [2.24, 2.45) is 0 Å². The van der Waals surface area contributed by atoms with Crippen molar-refractivity contribution in [2.75, 3.05) is 0 Å². The number of nitrogens with zero attached hydrogens (tertiary/aromatic N) is 4. The predicted molar refractivity (Wildman–Crippen MR) is 140 cm³/mol. The number of thiocarbonyl (C=S) groups is 1. The molecule has 4 heterocycles. The molecule has 3 aromatic heterocycles. The second-order valence-corrected chi connectivity index (χ2v) is 9.45. The van der Waals surface area contributed by atoms with Crippen LogP contribution in [0.5, 0.6) is 0 Å². The van der Waals surface area contributed by atoms with Gasteiger partial charge in [-0.05, 0) is 92.1 Å². The second-order valence-electron chi connectivity index (χ2n) is 8.66. The van der Waals surface area contributed by atoms with E-state index in [2.05, 4.69) is 63.7 Å². The molecule has 1 fully saturated rings. The predicted octanol–water partition coefficient (Wildman–Crippen LogP) is 6.02. The first-order valence-corrected chi connectivity index (χ1v) is 12.1. The summed E-state index contributed by atoms with van der Waals surface area (Å²) in [5.74, 6) is 0. The molecular weight excluding hydrogens is 462 g/mol. The van der Waals surface area contributed by atoms with E-state index >= 15 is 0 Å². The number of pyridine rings is 2. The van der Waals surface area contributed by atoms with Gasteiger partial charge >= 0.3 is 0 Å². The molecule has 1 N–H and O–H groups in total. The standard InChI is InChI=1S/C27H26ClN5S/c1-17-15-21(19(3)33(17)24-9-6-7-22(28)18(24)2)26-25(23-8-4-5-12-30-23)31-27(34)32(26)16-20-10-13-29-14-11-20/h4-15,25-26H,16H2,1-3H3,(H,31,34)/t25-,26+/m0/s1. The Balaban J connectivity index is 1.64. The van der Waals surface area contributed by atoms with Crippen molar-refractivity contribution in [2.45, 2.75) is 39.4 Å². The van der Waals surface area contributed by atoms with E-state index in [9.17, 15) is 0 Å². The Hall–Kier alpha value is -3.22. The van der Waals surface area contributed by atoms with Gasteiger partial charge in [0, 0.05) is 47.2 Å². The summed E-state index contributed by atoms with van der Waals surface area (Å²) in [7, 11) is 0. The van der Waals surface area contributed by atoms with Crippen LogP contribution >= 0.6 is 23.8 Å². The molecule has 0 aliphatic carbocycles. The van der Waals surface area contributed by atoms with Gasteiger partial charge in [-0.15, -0.1) is 0 Å². The van der Waals surface area contributed by atoms with Gasteiger partial charge < -0.3 is 14.8 Å². The zero-order chi connectivity index (χ0) is 23.8. The normalized spacial score (nSPS) is 17.8. The first-order valence-electron chi connectivity index (χ1n) is 11.3. The molecule has 1 aliphatic rings. The van der Waals surface area contributed by atoms with Gasteiger partial charge in [0.2, 0.25) is 0 Å². The zero-order valence-corrected chi connectivity index (χ0v) is 20.9. The number of nitrogens with one attached hydrogen (secondary N) is 1. The van der Waals surface area contributed by atoms with E-state index in [1.165, 1.54) is 11.3 Å². The molecule has 5 rings (SSSR count). The van der Waals surface area contributed by atoms with Gasteiger partial charge in [0.1, 0.15) is 0 Å². The topological polar surface area (TPSA) is 46.0 Å². The first-order chi connectivity index (χ1) is 16.5. The maximum Gasteiger partial charge on any atom is 0.170 e. The van der Waals surface area contributed by atoms with Crippen LogP contribution in [-0.4, -0.2) is 24.5 Å². The summed E-state index contributed by atoms with van der Waals surface area (Å²) in [6.45, 7) is 7.06. The molecule has 0 saturated carbocycles. The number of halogens is 1. The molecular formula is C27H26ClN5S. The SMILES string of the molecule is Cc1c(Cl)cccc1-n1c(C)cc([C@@H]2[C@H](c3ccccn3)NC(=S)N2Cc2ccncc2)c1C. The fourth-order valence-electron chi connectivity index (χ4n) is 4.90. The number of benzene rings is 1. The lowest BCUT2D eigenvalue weighted by Crippen LogP contribution is -2.29. The quantitative estimate of drug-likeness (QED) is 0.349. The highest BCUT2D eigenvalue weighted by Gasteiger charge is 2.41. The van der Waals surface area contributed by atoms with Gasteiger partial charge in [0.25, 0.3) is 0 Å². The van der Waals surface area contributed by atoms with E-state index < -0.39 is 0 Å². The van der Waals surface area contributed by atoms with Crippen LogP contribution in [0.25, 0.3) is 5.69 Å². The molecule has 4 aromatic rings. The van der Waals surface area contributed by atoms with Gasteiger partial charge in [-0.3, -0.25) is 9.97 Å². The molecule has 172 valence electrons. The number of aryl methyl sites for hydroxylation is 1. The average Bonchev–Trinajstić information content (AvgIpc) is 3.32. The third kappa shape index (κ3) is 3.97. The summed E-state index contributed by atoms with van der Waals surface area (Å²) in [4.78, 5) is 11.1. The van der Waals surface area contributed by atoms with Crippen molar-refractivity contribution < 1.29 is 0 Å². The van der Waals surface area contributed by atoms with Crippen molar-refractivity contribution in [3.63, 3.8) is 0 Å². The van der Waals surface area contributed by atoms with Crippen molar-refractivity contribution in [3.8, 4) is 5.69 Å². The van der Waals surface area contributed by atoms with Crippen LogP contribution in [0.4, 0.5) is 0 Å². The highest BCUT2D eigenvalue weighted by atomic mass is 35.5. The Morgan fingerprint density at radius 3 is 2.53 bits per heavy atom. The Kier molecular flexibility index (Phi) is 6.11. The van der Waals surface area contributed by atoms with Gasteiger partial charge in [0.15, 0.2) is 5.11 Å². The van der Waals surface area contributed by atoms with Crippen LogP contribution in [0.3, 0.4) is 0 Å². The zero-order valence-electron chi connectivity index (χ0n) is 19.4. The van der Waals surface area contributed by atoms with Crippen molar-refractivity contribution in [3.05, 3.63) is 112 Å². The van der Waals surface area contributed by atoms with Gasteiger partial charge in [-0.25, -0.2) is 0 Å². The lowest BCUT2D eigenvalue weighted by atomic mass is 9.96. The summed E-state index contributed by atoms with van der Waals surface area (Å²) in [6, 6.07) is 18.3. The summed E-state index contributed by atoms with van der Waals surface area (Å²) < 4.78 is 2.29. The van der Waals surface area contributed by atoms with Crippen LogP contribution in [0.1, 0.15) is 45.9 Å². The lowest BCUT2D eigenvalue weighted by molar-refractivity contribution is 0.310. The smallest absolute Gasteiger partial charge is 0.170 e. The average molecular weight is 488 g/mol. The van der Waals surface area contributed by atoms with Crippen molar-refractivity contribution in [1.29, 1.82) is 0 Å². The molecule has 1 aromatic carbocycles. The van der Waals surface area contributed by atoms with E-state index in [0.717, 1.165) is 38.3 Å². The molecule has 5 nitrogen and oxygen atoms in total. The molecule has 7 heteroatoms. The third-order valence-electron chi connectivity index (χ3n) is 6.57. The molecule has 0 bridgehead atoms. The van der Waals surface area contributed by atoms with Gasteiger partial charge in [0.05, 0.1) is 17.8 Å². The van der Waals surface area contributed by atoms with Crippen LogP contribution in [-0.2, 0) is 6.54 Å². The molecule has 2 atom stereocenters. The van der Waals surface area contributed by atoms with E-state index in [-0.39, 0.29) is 12.1 Å². The lowest BCUT2D eigenvalue weighted by Gasteiger charge is -2.28. The Bertz CT molecular complexity index is 1340. The van der Waals surface area contributed by atoms with Gasteiger partial charge in [-0.2, -0.15) is 0 Å². The Morgan fingerprint density at radius 2 is 1.79 bits per heavy atom. The van der Waals surface area contributed by atoms with E-state index in [4.69, 9.17) is 23.8 Å². The monoisotopic (exact) mass is 487 g/mol. The Morgan fingerprint density at radius 1 is 1.00 bits per heavy atom. The van der Waals surface area contributed by atoms with Crippen LogP contribution in [0.15, 0.2) is 73.2 Å². The second kappa shape index (κ2) is 9.20. The number of rotatable bonds is 5. The molecule has 0 radical (unpaired) electrons. The Labute approximate surface area is 210 Å². The van der Waals surface area contributed by atoms with E-state index in [1.54, 1.807) is 0 Å². The van der Waals surface area contributed by atoms with E-state index in [1.807, 2.05) is 55.0 Å². The largest absolute Gasteiger partial charge is 0.352 e. The number of aromatic nitrogens is 3. The molecule has 0 spiro atoms. The van der Waals surface area contributed by atoms with Gasteiger partial charge in [-0.1, -0.05) is 23.7 Å². The fraction of sp³-hybridized carbons (Fsp3) is 0.222. The summed E-state index contributed by atoms with van der Waals surface area (Å²) >= 11 is 12.3. The minimum Gasteiger partial charge on any atom is -0.352 e.